The van der Waals surface area contributed by atoms with Crippen molar-refractivity contribution >= 4 is 17.3 Å². The van der Waals surface area contributed by atoms with Crippen LogP contribution >= 0.6 is 11.6 Å². The monoisotopic (exact) mass is 192 g/mol. The van der Waals surface area contributed by atoms with Gasteiger partial charge in [-0.15, -0.1) is 0 Å². The Balaban J connectivity index is 3.21. The van der Waals surface area contributed by atoms with Gasteiger partial charge in [0.15, 0.2) is 0 Å². The van der Waals surface area contributed by atoms with Crippen LogP contribution < -0.4 is 5.73 Å². The Hall–Kier alpha value is -0.900. The van der Waals surface area contributed by atoms with Gasteiger partial charge in [-0.05, 0) is 13.0 Å². The summed E-state index contributed by atoms with van der Waals surface area (Å²) in [5, 5.41) is 0.123. The maximum absolute atomic E-state index is 12.1. The van der Waals surface area contributed by atoms with Crippen LogP contribution in [0, 0.1) is 6.92 Å². The highest BCUT2D eigenvalue weighted by atomic mass is 35.5. The Labute approximate surface area is 73.4 Å². The second-order valence-electron chi connectivity index (χ2n) is 2.33. The molecule has 0 aromatic carbocycles. The number of alkyl halides is 2. The molecular weight excluding hydrogens is 186 g/mol. The minimum atomic E-state index is -2.61. The summed E-state index contributed by atoms with van der Waals surface area (Å²) in [6.45, 7) is 1.53. The number of anilines is 1. The first kappa shape index (κ1) is 9.19. The van der Waals surface area contributed by atoms with Crippen molar-refractivity contribution in [3.63, 3.8) is 0 Å². The van der Waals surface area contributed by atoms with Gasteiger partial charge in [-0.2, -0.15) is 0 Å². The fourth-order valence-corrected chi connectivity index (χ4v) is 1.03. The van der Waals surface area contributed by atoms with E-state index in [4.69, 9.17) is 17.3 Å². The number of halogens is 3. The third-order valence-corrected chi connectivity index (χ3v) is 1.75. The van der Waals surface area contributed by atoms with Gasteiger partial charge in [0.2, 0.25) is 0 Å². The molecule has 1 aromatic heterocycles. The van der Waals surface area contributed by atoms with E-state index in [-0.39, 0.29) is 16.4 Å². The van der Waals surface area contributed by atoms with Gasteiger partial charge in [0.1, 0.15) is 5.69 Å². The molecule has 0 radical (unpaired) electrons. The Morgan fingerprint density at radius 2 is 2.17 bits per heavy atom. The normalized spacial score (nSPS) is 10.8. The van der Waals surface area contributed by atoms with E-state index < -0.39 is 6.43 Å². The van der Waals surface area contributed by atoms with Crippen molar-refractivity contribution in [1.82, 2.24) is 4.98 Å². The van der Waals surface area contributed by atoms with Crippen LogP contribution in [0.4, 0.5) is 14.5 Å². The number of pyridine rings is 1. The number of aromatic nitrogens is 1. The molecule has 0 bridgehead atoms. The van der Waals surface area contributed by atoms with Crippen molar-refractivity contribution in [2.24, 2.45) is 0 Å². The SMILES string of the molecule is Cc1nc(C(F)F)cc(Cl)c1N. The van der Waals surface area contributed by atoms with E-state index in [0.717, 1.165) is 6.07 Å². The minimum Gasteiger partial charge on any atom is -0.396 e. The van der Waals surface area contributed by atoms with E-state index in [9.17, 15) is 8.78 Å². The summed E-state index contributed by atoms with van der Waals surface area (Å²) in [4.78, 5) is 3.57. The third kappa shape index (κ3) is 1.64. The summed E-state index contributed by atoms with van der Waals surface area (Å²) in [5.74, 6) is 0. The standard InChI is InChI=1S/C7H7ClF2N2/c1-3-6(11)4(8)2-5(12-3)7(9)10/h2,7H,11H2,1H3. The van der Waals surface area contributed by atoms with Gasteiger partial charge >= 0.3 is 0 Å². The van der Waals surface area contributed by atoms with Gasteiger partial charge in [-0.25, -0.2) is 13.8 Å². The number of aryl methyl sites for hydroxylation is 1. The lowest BCUT2D eigenvalue weighted by Crippen LogP contribution is -1.98. The first-order valence-electron chi connectivity index (χ1n) is 3.23. The fourth-order valence-electron chi connectivity index (χ4n) is 0.778. The van der Waals surface area contributed by atoms with Crippen LogP contribution in [0.15, 0.2) is 6.07 Å². The van der Waals surface area contributed by atoms with Crippen molar-refractivity contribution in [3.05, 3.63) is 22.5 Å². The Morgan fingerprint density at radius 1 is 1.58 bits per heavy atom. The molecule has 0 fully saturated rings. The number of nitrogens with zero attached hydrogens (tertiary/aromatic N) is 1. The minimum absolute atomic E-state index is 0.123. The maximum atomic E-state index is 12.1. The van der Waals surface area contributed by atoms with Crippen LogP contribution in [0.3, 0.4) is 0 Å². The topological polar surface area (TPSA) is 38.9 Å². The molecular formula is C7H7ClF2N2. The lowest BCUT2D eigenvalue weighted by molar-refractivity contribution is 0.146. The number of nitrogens with two attached hydrogens (primary N) is 1. The Bertz CT molecular complexity index is 278. The molecule has 1 heterocycles. The zero-order valence-electron chi connectivity index (χ0n) is 6.31. The van der Waals surface area contributed by atoms with Crippen LogP contribution in [-0.2, 0) is 0 Å². The average molecular weight is 193 g/mol. The zero-order valence-corrected chi connectivity index (χ0v) is 7.07. The smallest absolute Gasteiger partial charge is 0.280 e. The summed E-state index contributed by atoms with van der Waals surface area (Å²) in [6.07, 6.45) is -2.61. The molecule has 0 atom stereocenters. The molecule has 0 amide bonds. The average Bonchev–Trinajstić information content (AvgIpc) is 1.99. The molecule has 0 aliphatic rings. The van der Waals surface area contributed by atoms with Crippen molar-refractivity contribution in [2.45, 2.75) is 13.3 Å². The number of nitrogen functional groups attached to an aromatic ring is 1. The molecule has 66 valence electrons. The molecule has 1 aromatic rings. The first-order valence-corrected chi connectivity index (χ1v) is 3.61. The number of rotatable bonds is 1. The fraction of sp³-hybridized carbons (Fsp3) is 0.286. The molecule has 12 heavy (non-hydrogen) atoms. The predicted octanol–water partition coefficient (Wildman–Crippen LogP) is 2.56. The van der Waals surface area contributed by atoms with Crippen molar-refractivity contribution in [3.8, 4) is 0 Å². The van der Waals surface area contributed by atoms with Gasteiger partial charge in [0.05, 0.1) is 16.4 Å². The summed E-state index contributed by atoms with van der Waals surface area (Å²) in [7, 11) is 0. The van der Waals surface area contributed by atoms with Gasteiger partial charge in [-0.1, -0.05) is 11.6 Å². The molecule has 1 rings (SSSR count). The molecule has 2 N–H and O–H groups in total. The van der Waals surface area contributed by atoms with Crippen LogP contribution in [0.1, 0.15) is 17.8 Å². The molecule has 0 spiro atoms. The van der Waals surface area contributed by atoms with Crippen LogP contribution in [0.5, 0.6) is 0 Å². The summed E-state index contributed by atoms with van der Waals surface area (Å²) < 4.78 is 24.2. The van der Waals surface area contributed by atoms with Crippen molar-refractivity contribution in [1.29, 1.82) is 0 Å². The molecule has 0 aliphatic carbocycles. The highest BCUT2D eigenvalue weighted by Gasteiger charge is 2.12. The first-order chi connectivity index (χ1) is 5.52. The summed E-state index contributed by atoms with van der Waals surface area (Å²) >= 11 is 5.56. The second-order valence-corrected chi connectivity index (χ2v) is 2.74. The van der Waals surface area contributed by atoms with Gasteiger partial charge in [0.25, 0.3) is 6.43 Å². The summed E-state index contributed by atoms with van der Waals surface area (Å²) in [6, 6.07) is 1.08. The Morgan fingerprint density at radius 3 is 2.58 bits per heavy atom. The summed E-state index contributed by atoms with van der Waals surface area (Å²) in [5.41, 5.74) is 5.65. The quantitative estimate of drug-likeness (QED) is 0.743. The third-order valence-electron chi connectivity index (χ3n) is 1.44. The van der Waals surface area contributed by atoms with E-state index in [1.54, 1.807) is 0 Å². The highest BCUT2D eigenvalue weighted by molar-refractivity contribution is 6.33. The lowest BCUT2D eigenvalue weighted by Gasteiger charge is -2.04. The molecule has 2 nitrogen and oxygen atoms in total. The van der Waals surface area contributed by atoms with Gasteiger partial charge in [-0.3, -0.25) is 0 Å². The van der Waals surface area contributed by atoms with E-state index in [0.29, 0.717) is 5.69 Å². The molecule has 5 heteroatoms. The molecule has 0 saturated heterocycles. The number of hydrogen-bond acceptors (Lipinski definition) is 2. The second kappa shape index (κ2) is 3.23. The molecule has 0 aliphatic heterocycles. The van der Waals surface area contributed by atoms with Crippen LogP contribution in [0.25, 0.3) is 0 Å². The van der Waals surface area contributed by atoms with Crippen LogP contribution in [0.2, 0.25) is 5.02 Å². The van der Waals surface area contributed by atoms with E-state index in [1.165, 1.54) is 6.92 Å². The predicted molar refractivity (Wildman–Crippen MR) is 43.4 cm³/mol. The van der Waals surface area contributed by atoms with E-state index >= 15 is 0 Å². The molecule has 0 saturated carbocycles. The van der Waals surface area contributed by atoms with Gasteiger partial charge < -0.3 is 5.73 Å². The van der Waals surface area contributed by atoms with Crippen LogP contribution in [-0.4, -0.2) is 4.98 Å². The van der Waals surface area contributed by atoms with Crippen molar-refractivity contribution < 1.29 is 8.78 Å². The maximum Gasteiger partial charge on any atom is 0.280 e. The molecule has 0 unspecified atom stereocenters. The lowest BCUT2D eigenvalue weighted by atomic mass is 10.3. The highest BCUT2D eigenvalue weighted by Crippen LogP contribution is 2.26. The zero-order chi connectivity index (χ0) is 9.30. The van der Waals surface area contributed by atoms with Crippen molar-refractivity contribution in [2.75, 3.05) is 5.73 Å². The van der Waals surface area contributed by atoms with E-state index in [2.05, 4.69) is 4.98 Å². The van der Waals surface area contributed by atoms with Gasteiger partial charge in [0, 0.05) is 0 Å². The number of hydrogen-bond donors (Lipinski definition) is 1. The largest absolute Gasteiger partial charge is 0.396 e. The van der Waals surface area contributed by atoms with E-state index in [1.807, 2.05) is 0 Å². The Kier molecular flexibility index (Phi) is 2.47.